The van der Waals surface area contributed by atoms with Crippen LogP contribution in [0.1, 0.15) is 93.2 Å². The van der Waals surface area contributed by atoms with Crippen LogP contribution >= 0.6 is 0 Å². The molecule has 1 unspecified atom stereocenters. The third-order valence-electron chi connectivity index (χ3n) is 8.88. The van der Waals surface area contributed by atoms with Crippen LogP contribution in [0.15, 0.2) is 59.6 Å². The van der Waals surface area contributed by atoms with Crippen molar-refractivity contribution < 1.29 is 9.59 Å². The molecule has 9 heteroatoms. The predicted octanol–water partition coefficient (Wildman–Crippen LogP) is 4.84. The second kappa shape index (κ2) is 10.7. The van der Waals surface area contributed by atoms with Gasteiger partial charge in [0.1, 0.15) is 11.4 Å². The molecular weight excluding hydrogens is 490 g/mol. The summed E-state index contributed by atoms with van der Waals surface area (Å²) in [7, 11) is 0. The van der Waals surface area contributed by atoms with Crippen molar-refractivity contribution in [1.82, 2.24) is 30.8 Å². The molecule has 9 nitrogen and oxygen atoms in total. The summed E-state index contributed by atoms with van der Waals surface area (Å²) < 4.78 is 0. The van der Waals surface area contributed by atoms with E-state index in [-0.39, 0.29) is 29.8 Å². The van der Waals surface area contributed by atoms with E-state index in [1.807, 2.05) is 47.4 Å². The standard InChI is InChI=1S/C30H37N7O2/c1-5-29(3,4)24-15-17-30(18-16-24)32-26(22-9-7-6-8-10-22)28(39)37(30)20(2)21-11-13-23(14-12-21)27(38)31-19-25-33-35-36-34-25/h6-14,20,24H,5,15-19H2,1-4H3,(H,31,38)(H,33,34,35,36). The minimum atomic E-state index is -0.553. The van der Waals surface area contributed by atoms with Gasteiger partial charge in [0, 0.05) is 11.1 Å². The van der Waals surface area contributed by atoms with Gasteiger partial charge < -0.3 is 10.2 Å². The van der Waals surface area contributed by atoms with Crippen LogP contribution in [0, 0.1) is 11.3 Å². The number of H-pyrrole nitrogens is 1. The summed E-state index contributed by atoms with van der Waals surface area (Å²) in [6.07, 6.45) is 4.93. The van der Waals surface area contributed by atoms with Crippen LogP contribution in [0.2, 0.25) is 0 Å². The van der Waals surface area contributed by atoms with Crippen LogP contribution in [-0.4, -0.2) is 48.7 Å². The number of carbonyl (C=O) groups excluding carboxylic acids is 2. The number of amides is 2. The minimum Gasteiger partial charge on any atom is -0.345 e. The Bertz CT molecular complexity index is 1330. The first kappa shape index (κ1) is 26.7. The Morgan fingerprint density at radius 2 is 1.82 bits per heavy atom. The maximum atomic E-state index is 14.0. The van der Waals surface area contributed by atoms with Gasteiger partial charge in [0.05, 0.1) is 12.6 Å². The van der Waals surface area contributed by atoms with Crippen LogP contribution in [0.3, 0.4) is 0 Å². The number of hydrogen-bond donors (Lipinski definition) is 2. The molecule has 1 fully saturated rings. The number of carbonyl (C=O) groups is 2. The molecular formula is C30H37N7O2. The molecule has 1 aliphatic carbocycles. The topological polar surface area (TPSA) is 116 Å². The lowest BCUT2D eigenvalue weighted by Crippen LogP contribution is -2.51. The zero-order valence-electron chi connectivity index (χ0n) is 23.1. The number of nitrogens with zero attached hydrogens (tertiary/aromatic N) is 5. The van der Waals surface area contributed by atoms with Crippen LogP contribution in [0.25, 0.3) is 0 Å². The van der Waals surface area contributed by atoms with Gasteiger partial charge in [-0.25, -0.2) is 0 Å². The first-order chi connectivity index (χ1) is 18.7. The predicted molar refractivity (Wildman–Crippen MR) is 149 cm³/mol. The SMILES string of the molecule is CCC(C)(C)C1CCC2(CC1)N=C(c1ccccc1)C(=O)N2C(C)c1ccc(C(=O)NCc2nn[nH]n2)cc1. The average molecular weight is 528 g/mol. The molecule has 1 spiro atoms. The molecule has 0 radical (unpaired) electrons. The van der Waals surface area contributed by atoms with Crippen LogP contribution in [0.4, 0.5) is 0 Å². The molecule has 2 aliphatic rings. The van der Waals surface area contributed by atoms with Crippen LogP contribution in [0.5, 0.6) is 0 Å². The highest BCUT2D eigenvalue weighted by atomic mass is 16.2. The van der Waals surface area contributed by atoms with Gasteiger partial charge in [0.15, 0.2) is 5.82 Å². The molecule has 2 N–H and O–H groups in total. The normalized spacial score (nSPS) is 22.2. The summed E-state index contributed by atoms with van der Waals surface area (Å²) in [5.41, 5.74) is 2.63. The zero-order valence-corrected chi connectivity index (χ0v) is 23.1. The minimum absolute atomic E-state index is 0.0242. The fourth-order valence-electron chi connectivity index (χ4n) is 6.02. The molecule has 2 aromatic carbocycles. The highest BCUT2D eigenvalue weighted by Gasteiger charge is 2.52. The highest BCUT2D eigenvalue weighted by Crippen LogP contribution is 2.49. The summed E-state index contributed by atoms with van der Waals surface area (Å²) in [6.45, 7) is 9.23. The molecule has 1 atom stereocenters. The van der Waals surface area contributed by atoms with Crippen molar-refractivity contribution in [2.45, 2.75) is 78.0 Å². The largest absolute Gasteiger partial charge is 0.345 e. The average Bonchev–Trinajstić information content (AvgIpc) is 3.58. The zero-order chi connectivity index (χ0) is 27.6. The fourth-order valence-corrected chi connectivity index (χ4v) is 6.02. The van der Waals surface area contributed by atoms with E-state index in [4.69, 9.17) is 4.99 Å². The van der Waals surface area contributed by atoms with E-state index in [2.05, 4.69) is 53.6 Å². The van der Waals surface area contributed by atoms with Gasteiger partial charge in [-0.1, -0.05) is 74.9 Å². The molecule has 1 aliphatic heterocycles. The van der Waals surface area contributed by atoms with E-state index in [1.54, 1.807) is 12.1 Å². The van der Waals surface area contributed by atoms with E-state index in [9.17, 15) is 9.59 Å². The fraction of sp³-hybridized carbons (Fsp3) is 0.467. The summed E-state index contributed by atoms with van der Waals surface area (Å²) >= 11 is 0. The summed E-state index contributed by atoms with van der Waals surface area (Å²) in [4.78, 5) is 33.9. The Labute approximate surface area is 229 Å². The number of aliphatic imine (C=N–C) groups is 1. The van der Waals surface area contributed by atoms with Crippen molar-refractivity contribution in [1.29, 1.82) is 0 Å². The van der Waals surface area contributed by atoms with Crippen molar-refractivity contribution in [2.75, 3.05) is 0 Å². The van der Waals surface area contributed by atoms with E-state index in [0.29, 0.717) is 23.0 Å². The molecule has 2 heterocycles. The van der Waals surface area contributed by atoms with Gasteiger partial charge in [-0.3, -0.25) is 14.6 Å². The van der Waals surface area contributed by atoms with Gasteiger partial charge in [-0.15, -0.1) is 10.2 Å². The Kier molecular flexibility index (Phi) is 7.34. The van der Waals surface area contributed by atoms with E-state index >= 15 is 0 Å². The Hall–Kier alpha value is -3.88. The summed E-state index contributed by atoms with van der Waals surface area (Å²) in [5, 5.41) is 16.4. The summed E-state index contributed by atoms with van der Waals surface area (Å²) in [6, 6.07) is 17.0. The first-order valence-electron chi connectivity index (χ1n) is 13.8. The van der Waals surface area contributed by atoms with Gasteiger partial charge in [0.25, 0.3) is 11.8 Å². The molecule has 0 saturated heterocycles. The second-order valence-corrected chi connectivity index (χ2v) is 11.4. The molecule has 39 heavy (non-hydrogen) atoms. The Morgan fingerprint density at radius 3 is 2.44 bits per heavy atom. The third kappa shape index (κ3) is 5.22. The van der Waals surface area contributed by atoms with Crippen LogP contribution in [-0.2, 0) is 11.3 Å². The number of benzene rings is 2. The van der Waals surface area contributed by atoms with Gasteiger partial charge in [-0.05, 0) is 61.6 Å². The number of aromatic amines is 1. The van der Waals surface area contributed by atoms with E-state index < -0.39 is 5.66 Å². The first-order valence-corrected chi connectivity index (χ1v) is 13.8. The smallest absolute Gasteiger partial charge is 0.275 e. The van der Waals surface area contributed by atoms with Crippen molar-refractivity contribution >= 4 is 17.5 Å². The molecule has 204 valence electrons. The maximum absolute atomic E-state index is 14.0. The lowest BCUT2D eigenvalue weighted by molar-refractivity contribution is -0.133. The van der Waals surface area contributed by atoms with Gasteiger partial charge >= 0.3 is 0 Å². The molecule has 3 aromatic rings. The van der Waals surface area contributed by atoms with Gasteiger partial charge in [0.2, 0.25) is 0 Å². The number of rotatable bonds is 8. The lowest BCUT2D eigenvalue weighted by Gasteiger charge is -2.47. The van der Waals surface area contributed by atoms with Crippen molar-refractivity contribution in [3.8, 4) is 0 Å². The van der Waals surface area contributed by atoms with E-state index in [0.717, 1.165) is 43.2 Å². The molecule has 0 bridgehead atoms. The van der Waals surface area contributed by atoms with Crippen molar-refractivity contribution in [3.05, 3.63) is 77.1 Å². The lowest BCUT2D eigenvalue weighted by atomic mass is 9.67. The Balaban J connectivity index is 1.38. The van der Waals surface area contributed by atoms with Crippen molar-refractivity contribution in [3.63, 3.8) is 0 Å². The van der Waals surface area contributed by atoms with Gasteiger partial charge in [-0.2, -0.15) is 5.21 Å². The molecule has 1 aromatic heterocycles. The molecule has 5 rings (SSSR count). The number of aromatic nitrogens is 4. The number of tetrazole rings is 1. The quantitative estimate of drug-likeness (QED) is 0.435. The number of hydrogen-bond acceptors (Lipinski definition) is 6. The second-order valence-electron chi connectivity index (χ2n) is 11.4. The molecule has 1 saturated carbocycles. The highest BCUT2D eigenvalue weighted by molar-refractivity contribution is 6.46. The summed E-state index contributed by atoms with van der Waals surface area (Å²) in [5.74, 6) is 0.780. The third-order valence-corrected chi connectivity index (χ3v) is 8.88. The number of nitrogens with one attached hydrogen (secondary N) is 2. The Morgan fingerprint density at radius 1 is 1.13 bits per heavy atom. The van der Waals surface area contributed by atoms with E-state index in [1.165, 1.54) is 0 Å². The van der Waals surface area contributed by atoms with Crippen LogP contribution < -0.4 is 5.32 Å². The molecule has 2 amide bonds. The maximum Gasteiger partial charge on any atom is 0.275 e. The monoisotopic (exact) mass is 527 g/mol. The van der Waals surface area contributed by atoms with Crippen molar-refractivity contribution in [2.24, 2.45) is 16.3 Å².